The van der Waals surface area contributed by atoms with Crippen LogP contribution in [0.2, 0.25) is 0 Å². The summed E-state index contributed by atoms with van der Waals surface area (Å²) in [7, 11) is -3.88. The van der Waals surface area contributed by atoms with Gasteiger partial charge in [0.2, 0.25) is 11.8 Å². The Morgan fingerprint density at radius 2 is 1.78 bits per heavy atom. The Kier molecular flexibility index (Phi) is 6.68. The number of sulfone groups is 1. The van der Waals surface area contributed by atoms with Crippen molar-refractivity contribution in [2.24, 2.45) is 0 Å². The molecule has 0 aliphatic heterocycles. The van der Waals surface area contributed by atoms with E-state index in [0.717, 1.165) is 5.56 Å². The lowest BCUT2D eigenvalue weighted by Crippen LogP contribution is -2.54. The third kappa shape index (κ3) is 4.03. The van der Waals surface area contributed by atoms with Crippen molar-refractivity contribution >= 4 is 21.7 Å². The predicted molar refractivity (Wildman–Crippen MR) is 105 cm³/mol. The number of carbonyl (C=O) groups is 2. The number of rotatable bonds is 7. The SMILES string of the molecule is CCNC(=O)CN(CC)C(=O)C1(S(=O)(=O)c2cc(C)ccc2C)CCCC1. The molecule has 2 rings (SSSR count). The predicted octanol–water partition coefficient (Wildman–Crippen LogP) is 2.37. The molecule has 2 amide bonds. The summed E-state index contributed by atoms with van der Waals surface area (Å²) in [5.74, 6) is -0.723. The standard InChI is InChI=1S/C20H30N2O4S/c1-5-21-18(23)14-22(6-2)19(24)20(11-7-8-12-20)27(25,26)17-13-15(3)9-10-16(17)4/h9-10,13H,5-8,11-12,14H2,1-4H3,(H,21,23). The lowest BCUT2D eigenvalue weighted by Gasteiger charge is -2.33. The molecule has 150 valence electrons. The molecule has 0 radical (unpaired) electrons. The molecule has 1 N–H and O–H groups in total. The Balaban J connectivity index is 2.48. The Labute approximate surface area is 162 Å². The monoisotopic (exact) mass is 394 g/mol. The number of benzene rings is 1. The summed E-state index contributed by atoms with van der Waals surface area (Å²) in [6.45, 7) is 7.81. The zero-order valence-electron chi connectivity index (χ0n) is 16.7. The summed E-state index contributed by atoms with van der Waals surface area (Å²) < 4.78 is 25.8. The van der Waals surface area contributed by atoms with Crippen LogP contribution >= 0.6 is 0 Å². The van der Waals surface area contributed by atoms with Crippen molar-refractivity contribution in [3.05, 3.63) is 29.3 Å². The van der Waals surface area contributed by atoms with E-state index in [9.17, 15) is 18.0 Å². The molecule has 7 heteroatoms. The van der Waals surface area contributed by atoms with Gasteiger partial charge in [0.1, 0.15) is 0 Å². The topological polar surface area (TPSA) is 83.6 Å². The van der Waals surface area contributed by atoms with E-state index < -0.39 is 20.5 Å². The molecule has 1 saturated carbocycles. The molecule has 0 unspecified atom stereocenters. The molecule has 1 aromatic carbocycles. The van der Waals surface area contributed by atoms with Crippen molar-refractivity contribution in [3.8, 4) is 0 Å². The van der Waals surface area contributed by atoms with Crippen LogP contribution in [0.5, 0.6) is 0 Å². The van der Waals surface area contributed by atoms with Gasteiger partial charge < -0.3 is 10.2 Å². The van der Waals surface area contributed by atoms with Gasteiger partial charge in [-0.3, -0.25) is 9.59 Å². The van der Waals surface area contributed by atoms with Crippen LogP contribution < -0.4 is 5.32 Å². The Hall–Kier alpha value is -1.89. The second kappa shape index (κ2) is 8.42. The number of carbonyl (C=O) groups excluding carboxylic acids is 2. The number of nitrogens with zero attached hydrogens (tertiary/aromatic N) is 1. The van der Waals surface area contributed by atoms with Crippen LogP contribution in [0.1, 0.15) is 50.7 Å². The maximum absolute atomic E-state index is 13.7. The van der Waals surface area contributed by atoms with E-state index >= 15 is 0 Å². The van der Waals surface area contributed by atoms with E-state index in [1.54, 1.807) is 32.9 Å². The largest absolute Gasteiger partial charge is 0.355 e. The molecule has 0 aromatic heterocycles. The van der Waals surface area contributed by atoms with Crippen LogP contribution in [-0.4, -0.2) is 49.5 Å². The number of hydrogen-bond donors (Lipinski definition) is 1. The maximum atomic E-state index is 13.7. The lowest BCUT2D eigenvalue weighted by atomic mass is 10.1. The van der Waals surface area contributed by atoms with Gasteiger partial charge in [-0.1, -0.05) is 25.0 Å². The molecule has 0 saturated heterocycles. The summed E-state index contributed by atoms with van der Waals surface area (Å²) in [5.41, 5.74) is 1.49. The Morgan fingerprint density at radius 3 is 2.33 bits per heavy atom. The van der Waals surface area contributed by atoms with E-state index in [1.807, 2.05) is 13.0 Å². The first-order valence-corrected chi connectivity index (χ1v) is 11.1. The average molecular weight is 395 g/mol. The third-order valence-electron chi connectivity index (χ3n) is 5.33. The molecule has 1 aliphatic carbocycles. The smallest absolute Gasteiger partial charge is 0.244 e. The highest BCUT2D eigenvalue weighted by molar-refractivity contribution is 7.93. The first kappa shape index (κ1) is 21.4. The molecule has 1 aromatic rings. The quantitative estimate of drug-likeness (QED) is 0.770. The minimum atomic E-state index is -3.88. The molecule has 1 fully saturated rings. The first-order chi connectivity index (χ1) is 12.7. The van der Waals surface area contributed by atoms with E-state index in [1.165, 1.54) is 4.90 Å². The van der Waals surface area contributed by atoms with Crippen molar-refractivity contribution in [3.63, 3.8) is 0 Å². The number of amides is 2. The van der Waals surface area contributed by atoms with Gasteiger partial charge in [-0.05, 0) is 57.7 Å². The second-order valence-electron chi connectivity index (χ2n) is 7.25. The zero-order valence-corrected chi connectivity index (χ0v) is 17.5. The number of hydrogen-bond acceptors (Lipinski definition) is 4. The van der Waals surface area contributed by atoms with E-state index in [2.05, 4.69) is 5.32 Å². The van der Waals surface area contributed by atoms with Crippen LogP contribution in [0, 0.1) is 13.8 Å². The summed E-state index contributed by atoms with van der Waals surface area (Å²) >= 11 is 0. The zero-order chi connectivity index (χ0) is 20.2. The van der Waals surface area contributed by atoms with Crippen LogP contribution in [0.25, 0.3) is 0 Å². The number of likely N-dealkylation sites (N-methyl/N-ethyl adjacent to an activating group) is 2. The normalized spacial score (nSPS) is 16.1. The molecule has 0 spiro atoms. The highest BCUT2D eigenvalue weighted by Gasteiger charge is 2.54. The van der Waals surface area contributed by atoms with Crippen molar-refractivity contribution in [1.82, 2.24) is 10.2 Å². The minimum absolute atomic E-state index is 0.118. The number of aryl methyl sites for hydroxylation is 2. The van der Waals surface area contributed by atoms with Crippen molar-refractivity contribution in [1.29, 1.82) is 0 Å². The number of nitrogens with one attached hydrogen (secondary N) is 1. The van der Waals surface area contributed by atoms with Gasteiger partial charge in [0.15, 0.2) is 14.6 Å². The Morgan fingerprint density at radius 1 is 1.15 bits per heavy atom. The Bertz CT molecular complexity index is 811. The fraction of sp³-hybridized carbons (Fsp3) is 0.600. The van der Waals surface area contributed by atoms with Gasteiger partial charge in [0.25, 0.3) is 0 Å². The van der Waals surface area contributed by atoms with Crippen molar-refractivity contribution in [2.45, 2.75) is 63.0 Å². The van der Waals surface area contributed by atoms with Gasteiger partial charge in [0.05, 0.1) is 11.4 Å². The summed E-state index contributed by atoms with van der Waals surface area (Å²) in [4.78, 5) is 27.0. The molecular formula is C20H30N2O4S. The maximum Gasteiger partial charge on any atom is 0.244 e. The van der Waals surface area contributed by atoms with Crippen LogP contribution in [-0.2, 0) is 19.4 Å². The van der Waals surface area contributed by atoms with Crippen LogP contribution in [0.15, 0.2) is 23.1 Å². The summed E-state index contributed by atoms with van der Waals surface area (Å²) in [6, 6.07) is 5.30. The van der Waals surface area contributed by atoms with Gasteiger partial charge in [-0.15, -0.1) is 0 Å². The van der Waals surface area contributed by atoms with Gasteiger partial charge in [-0.25, -0.2) is 8.42 Å². The second-order valence-corrected chi connectivity index (χ2v) is 9.47. The van der Waals surface area contributed by atoms with E-state index in [4.69, 9.17) is 0 Å². The third-order valence-corrected chi connectivity index (χ3v) is 7.96. The molecular weight excluding hydrogens is 364 g/mol. The fourth-order valence-electron chi connectivity index (χ4n) is 3.79. The van der Waals surface area contributed by atoms with Crippen LogP contribution in [0.4, 0.5) is 0 Å². The summed E-state index contributed by atoms with van der Waals surface area (Å²) in [6.07, 6.45) is 1.98. The molecule has 6 nitrogen and oxygen atoms in total. The minimum Gasteiger partial charge on any atom is -0.355 e. The molecule has 1 aliphatic rings. The van der Waals surface area contributed by atoms with Gasteiger partial charge >= 0.3 is 0 Å². The highest BCUT2D eigenvalue weighted by Crippen LogP contribution is 2.42. The van der Waals surface area contributed by atoms with Gasteiger partial charge in [0, 0.05) is 13.1 Å². The van der Waals surface area contributed by atoms with E-state index in [0.29, 0.717) is 44.3 Å². The average Bonchev–Trinajstić information content (AvgIpc) is 3.13. The highest BCUT2D eigenvalue weighted by atomic mass is 32.2. The van der Waals surface area contributed by atoms with Crippen molar-refractivity contribution < 1.29 is 18.0 Å². The summed E-state index contributed by atoms with van der Waals surface area (Å²) in [5, 5.41) is 2.67. The van der Waals surface area contributed by atoms with Crippen molar-refractivity contribution in [2.75, 3.05) is 19.6 Å². The molecule has 0 bridgehead atoms. The fourth-order valence-corrected chi connectivity index (χ4v) is 6.23. The van der Waals surface area contributed by atoms with Gasteiger partial charge in [-0.2, -0.15) is 0 Å². The van der Waals surface area contributed by atoms with Crippen LogP contribution in [0.3, 0.4) is 0 Å². The molecule has 0 atom stereocenters. The molecule has 27 heavy (non-hydrogen) atoms. The molecule has 0 heterocycles. The lowest BCUT2D eigenvalue weighted by molar-refractivity contribution is -0.138. The van der Waals surface area contributed by atoms with E-state index in [-0.39, 0.29) is 17.3 Å². The first-order valence-electron chi connectivity index (χ1n) is 9.57.